The van der Waals surface area contributed by atoms with E-state index in [1.807, 2.05) is 6.92 Å². The van der Waals surface area contributed by atoms with Crippen LogP contribution in [0.4, 0.5) is 0 Å². The Kier molecular flexibility index (Phi) is 6.53. The number of hydrogen-bond donors (Lipinski definition) is 4. The summed E-state index contributed by atoms with van der Waals surface area (Å²) in [5.41, 5.74) is -0.328. The molecule has 0 aromatic heterocycles. The van der Waals surface area contributed by atoms with Gasteiger partial charge in [0.1, 0.15) is 29.8 Å². The summed E-state index contributed by atoms with van der Waals surface area (Å²) in [4.78, 5) is 15.2. The SMILES string of the molecule is CCNC1=N[C@H]2[C@@H](O)[C@@H](O)C(CNC(C)=O)O[C@@H]2S1.Cl. The quantitative estimate of drug-likeness (QED) is 0.535. The van der Waals surface area contributed by atoms with Gasteiger partial charge >= 0.3 is 0 Å². The fourth-order valence-corrected chi connectivity index (χ4v) is 3.27. The van der Waals surface area contributed by atoms with Gasteiger partial charge in [-0.2, -0.15) is 0 Å². The second kappa shape index (κ2) is 7.46. The number of aliphatic imine (C=N–C) groups is 1. The van der Waals surface area contributed by atoms with Crippen LogP contribution in [0.3, 0.4) is 0 Å². The van der Waals surface area contributed by atoms with Gasteiger partial charge in [-0.25, -0.2) is 0 Å². The molecule has 9 heteroatoms. The first kappa shape index (κ1) is 17.5. The first-order chi connectivity index (χ1) is 9.02. The number of amidine groups is 1. The minimum Gasteiger partial charge on any atom is -0.388 e. The summed E-state index contributed by atoms with van der Waals surface area (Å²) in [6, 6.07) is -0.470. The topological polar surface area (TPSA) is 103 Å². The summed E-state index contributed by atoms with van der Waals surface area (Å²) in [7, 11) is 0. The summed E-state index contributed by atoms with van der Waals surface area (Å²) >= 11 is 1.40. The summed E-state index contributed by atoms with van der Waals surface area (Å²) in [6.07, 6.45) is -2.66. The van der Waals surface area contributed by atoms with Gasteiger partial charge in [0.05, 0.1) is 0 Å². The number of fused-ring (bicyclic) bond motifs is 1. The van der Waals surface area contributed by atoms with E-state index in [0.29, 0.717) is 5.17 Å². The van der Waals surface area contributed by atoms with E-state index in [0.717, 1.165) is 6.54 Å². The second-order valence-electron chi connectivity index (χ2n) is 4.53. The first-order valence-electron chi connectivity index (χ1n) is 6.27. The minimum absolute atomic E-state index is 0. The monoisotopic (exact) mass is 325 g/mol. The van der Waals surface area contributed by atoms with Gasteiger partial charge in [0, 0.05) is 20.0 Å². The molecule has 1 unspecified atom stereocenters. The van der Waals surface area contributed by atoms with Crippen molar-refractivity contribution in [2.45, 2.75) is 43.6 Å². The van der Waals surface area contributed by atoms with Crippen molar-refractivity contribution in [3.05, 3.63) is 0 Å². The zero-order valence-corrected chi connectivity index (χ0v) is 12.9. The Labute approximate surface area is 128 Å². The lowest BCUT2D eigenvalue weighted by Gasteiger charge is -2.38. The van der Waals surface area contributed by atoms with Gasteiger partial charge < -0.3 is 25.6 Å². The van der Waals surface area contributed by atoms with Crippen LogP contribution in [0.5, 0.6) is 0 Å². The Hall–Kier alpha value is -0.540. The van der Waals surface area contributed by atoms with Gasteiger partial charge in [-0.15, -0.1) is 12.4 Å². The van der Waals surface area contributed by atoms with Crippen LogP contribution in [-0.4, -0.2) is 64.2 Å². The summed E-state index contributed by atoms with van der Waals surface area (Å²) in [6.45, 7) is 4.26. The summed E-state index contributed by atoms with van der Waals surface area (Å²) < 4.78 is 5.70. The van der Waals surface area contributed by atoms with Gasteiger partial charge in [-0.3, -0.25) is 9.79 Å². The summed E-state index contributed by atoms with van der Waals surface area (Å²) in [5, 5.41) is 26.4. The minimum atomic E-state index is -1.06. The zero-order chi connectivity index (χ0) is 14.0. The molecule has 0 saturated carbocycles. The number of ether oxygens (including phenoxy) is 1. The number of carbonyl (C=O) groups is 1. The fourth-order valence-electron chi connectivity index (χ4n) is 2.08. The molecule has 2 rings (SSSR count). The molecule has 5 atom stereocenters. The summed E-state index contributed by atoms with van der Waals surface area (Å²) in [5.74, 6) is -0.198. The third kappa shape index (κ3) is 3.76. The number of aliphatic hydroxyl groups excluding tert-OH is 2. The van der Waals surface area contributed by atoms with E-state index in [1.54, 1.807) is 0 Å². The normalized spacial score (nSPS) is 35.6. The number of halogens is 1. The number of nitrogens with one attached hydrogen (secondary N) is 2. The molecule has 7 nitrogen and oxygen atoms in total. The standard InChI is InChI=1S/C11H19N3O4S.ClH/c1-3-12-11-14-7-9(17)8(16)6(4-13-5(2)15)18-10(7)19-11;/h6-10,16-17H,3-4H2,1-2H3,(H,12,14)(H,13,15);1H/t6?,7-,8-,9+,10+;/m0./s1. The zero-order valence-electron chi connectivity index (χ0n) is 11.3. The highest BCUT2D eigenvalue weighted by atomic mass is 35.5. The van der Waals surface area contributed by atoms with Crippen molar-refractivity contribution in [1.29, 1.82) is 0 Å². The smallest absolute Gasteiger partial charge is 0.216 e. The maximum absolute atomic E-state index is 10.9. The average molecular weight is 326 g/mol. The molecule has 0 bridgehead atoms. The van der Waals surface area contributed by atoms with Crippen molar-refractivity contribution in [3.8, 4) is 0 Å². The van der Waals surface area contributed by atoms with E-state index >= 15 is 0 Å². The van der Waals surface area contributed by atoms with Crippen LogP contribution in [0.25, 0.3) is 0 Å². The van der Waals surface area contributed by atoms with Crippen molar-refractivity contribution in [2.24, 2.45) is 4.99 Å². The number of carbonyl (C=O) groups excluding carboxylic acids is 1. The van der Waals surface area contributed by atoms with Gasteiger partial charge in [0.2, 0.25) is 5.91 Å². The lowest BCUT2D eigenvalue weighted by Crippen LogP contribution is -2.57. The molecule has 2 aliphatic rings. The molecular weight excluding hydrogens is 306 g/mol. The third-order valence-electron chi connectivity index (χ3n) is 3.04. The van der Waals surface area contributed by atoms with Crippen molar-refractivity contribution in [3.63, 3.8) is 0 Å². The number of aliphatic hydroxyl groups is 2. The highest BCUT2D eigenvalue weighted by Crippen LogP contribution is 2.35. The first-order valence-corrected chi connectivity index (χ1v) is 7.15. The van der Waals surface area contributed by atoms with Crippen LogP contribution in [0.15, 0.2) is 4.99 Å². The molecular formula is C11H20ClN3O4S. The maximum atomic E-state index is 10.9. The molecule has 0 aromatic rings. The van der Waals surface area contributed by atoms with Crippen LogP contribution in [0.1, 0.15) is 13.8 Å². The molecule has 20 heavy (non-hydrogen) atoms. The van der Waals surface area contributed by atoms with Crippen molar-refractivity contribution in [2.75, 3.05) is 13.1 Å². The molecule has 0 radical (unpaired) electrons. The molecule has 2 aliphatic heterocycles. The number of nitrogens with zero attached hydrogens (tertiary/aromatic N) is 1. The van der Waals surface area contributed by atoms with Gasteiger partial charge in [0.25, 0.3) is 0 Å². The number of hydrogen-bond acceptors (Lipinski definition) is 7. The van der Waals surface area contributed by atoms with E-state index < -0.39 is 24.4 Å². The number of rotatable bonds is 3. The van der Waals surface area contributed by atoms with Crippen LogP contribution < -0.4 is 10.6 Å². The second-order valence-corrected chi connectivity index (χ2v) is 5.62. The average Bonchev–Trinajstić information content (AvgIpc) is 2.75. The Morgan fingerprint density at radius 3 is 2.75 bits per heavy atom. The van der Waals surface area contributed by atoms with Crippen molar-refractivity contribution in [1.82, 2.24) is 10.6 Å². The molecule has 0 aliphatic carbocycles. The van der Waals surface area contributed by atoms with Gasteiger partial charge in [-0.05, 0) is 6.92 Å². The largest absolute Gasteiger partial charge is 0.388 e. The highest BCUT2D eigenvalue weighted by Gasteiger charge is 2.48. The number of thioether (sulfide) groups is 1. The number of amides is 1. The Balaban J connectivity index is 0.00000200. The third-order valence-corrected chi connectivity index (χ3v) is 4.14. The van der Waals surface area contributed by atoms with E-state index in [1.165, 1.54) is 18.7 Å². The predicted molar refractivity (Wildman–Crippen MR) is 79.1 cm³/mol. The van der Waals surface area contributed by atoms with Crippen molar-refractivity contribution >= 4 is 35.2 Å². The lowest BCUT2D eigenvalue weighted by atomic mass is 9.98. The van der Waals surface area contributed by atoms with E-state index in [-0.39, 0.29) is 30.3 Å². The van der Waals surface area contributed by atoms with Gasteiger partial charge in [-0.1, -0.05) is 11.8 Å². The van der Waals surface area contributed by atoms with Gasteiger partial charge in [0.15, 0.2) is 5.17 Å². The van der Waals surface area contributed by atoms with Crippen LogP contribution in [0.2, 0.25) is 0 Å². The van der Waals surface area contributed by atoms with Crippen LogP contribution >= 0.6 is 24.2 Å². The highest BCUT2D eigenvalue weighted by molar-refractivity contribution is 8.14. The van der Waals surface area contributed by atoms with E-state index in [9.17, 15) is 15.0 Å². The maximum Gasteiger partial charge on any atom is 0.216 e. The Bertz CT molecular complexity index is 385. The van der Waals surface area contributed by atoms with E-state index in [4.69, 9.17) is 4.74 Å². The molecule has 1 saturated heterocycles. The Morgan fingerprint density at radius 1 is 1.45 bits per heavy atom. The van der Waals surface area contributed by atoms with E-state index in [2.05, 4.69) is 15.6 Å². The Morgan fingerprint density at radius 2 is 2.15 bits per heavy atom. The molecule has 4 N–H and O–H groups in total. The molecule has 0 spiro atoms. The molecule has 1 fully saturated rings. The van der Waals surface area contributed by atoms with Crippen LogP contribution in [0, 0.1) is 0 Å². The van der Waals surface area contributed by atoms with Crippen LogP contribution in [-0.2, 0) is 9.53 Å². The molecule has 116 valence electrons. The predicted octanol–water partition coefficient (Wildman–Crippen LogP) is -0.928. The molecule has 0 aromatic carbocycles. The van der Waals surface area contributed by atoms with Crippen molar-refractivity contribution < 1.29 is 19.7 Å². The fraction of sp³-hybridized carbons (Fsp3) is 0.818. The molecule has 2 heterocycles. The lowest BCUT2D eigenvalue weighted by molar-refractivity contribution is -0.152. The molecule has 1 amide bonds.